The molecule has 10 heterocycles. The van der Waals surface area contributed by atoms with Crippen LogP contribution in [0.15, 0.2) is 231 Å². The molecule has 0 atom stereocenters. The second-order valence-corrected chi connectivity index (χ2v) is 39.1. The first-order chi connectivity index (χ1) is 62.6. The molecule has 3 aliphatic carbocycles. The minimum absolute atomic E-state index is 0.0648. The fraction of sp³-hybridized carbons (Fsp3) is 0.471. The highest BCUT2D eigenvalue weighted by atomic mass is 35.5. The second-order valence-electron chi connectivity index (χ2n) is 37.2. The average molecular weight is 1880 g/mol. The molecule has 0 radical (unpaired) electrons. The zero-order valence-electron chi connectivity index (χ0n) is 75.0. The van der Waals surface area contributed by atoms with E-state index >= 15 is 4.39 Å². The normalized spacial score (nSPS) is 17.9. The van der Waals surface area contributed by atoms with Gasteiger partial charge in [0, 0.05) is 142 Å². The van der Waals surface area contributed by atoms with Gasteiger partial charge in [-0.15, -0.1) is 0 Å². The number of pyridine rings is 5. The number of hydrogen-bond donors (Lipinski definition) is 0. The number of rotatable bonds is 24. The molecule has 5 saturated heterocycles. The van der Waals surface area contributed by atoms with Crippen LogP contribution in [0.4, 0.5) is 50.4 Å². The van der Waals surface area contributed by atoms with Crippen molar-refractivity contribution in [2.45, 2.75) is 205 Å². The number of benzene rings is 5. The topological polar surface area (TPSA) is 135 Å². The molecule has 5 aliphatic heterocycles. The molecule has 8 fully saturated rings. The Morgan fingerprint density at radius 3 is 1.04 bits per heavy atom. The molecule has 18 rings (SSSR count). The Bertz CT molecular complexity index is 5670. The van der Waals surface area contributed by atoms with Gasteiger partial charge in [0.2, 0.25) is 0 Å². The van der Waals surface area contributed by atoms with Gasteiger partial charge in [0.05, 0.1) is 46.2 Å². The first kappa shape index (κ1) is 96.9. The van der Waals surface area contributed by atoms with Crippen molar-refractivity contribution >= 4 is 86.4 Å². The number of alkyl halides is 5. The predicted octanol–water partition coefficient (Wildman–Crippen LogP) is 23.6. The molecule has 0 amide bonds. The largest absolute Gasteiger partial charge is 0.416 e. The third kappa shape index (κ3) is 25.0. The van der Waals surface area contributed by atoms with Crippen molar-refractivity contribution in [3.63, 3.8) is 0 Å². The van der Waals surface area contributed by atoms with Crippen LogP contribution in [0.3, 0.4) is 0 Å². The van der Waals surface area contributed by atoms with Gasteiger partial charge < -0.3 is 52.1 Å². The number of piperidine rings is 5. The van der Waals surface area contributed by atoms with Gasteiger partial charge in [-0.05, 0) is 208 Å². The zero-order valence-corrected chi connectivity index (χ0v) is 78.8. The molecule has 26 heteroatoms. The van der Waals surface area contributed by atoms with Gasteiger partial charge in [0.15, 0.2) is 0 Å². The number of halogens is 10. The molecule has 8 aliphatic rings. The maximum absolute atomic E-state index is 15.3. The van der Waals surface area contributed by atoms with Gasteiger partial charge in [0.25, 0.3) is 27.8 Å². The van der Waals surface area contributed by atoms with Crippen molar-refractivity contribution < 1.29 is 26.7 Å². The second kappa shape index (κ2) is 44.6. The van der Waals surface area contributed by atoms with E-state index in [4.69, 9.17) is 62.7 Å². The van der Waals surface area contributed by atoms with E-state index < -0.39 is 29.7 Å². The van der Waals surface area contributed by atoms with Crippen LogP contribution in [0.1, 0.15) is 188 Å². The fourth-order valence-electron chi connectivity index (χ4n) is 18.7. The minimum Gasteiger partial charge on any atom is -0.370 e. The van der Waals surface area contributed by atoms with Gasteiger partial charge in [0.1, 0.15) is 37.5 Å². The van der Waals surface area contributed by atoms with Crippen LogP contribution >= 0.6 is 58.0 Å². The summed E-state index contributed by atoms with van der Waals surface area (Å²) in [4.78, 5) is 73.4. The summed E-state index contributed by atoms with van der Waals surface area (Å²) in [5.74, 6) is 4.09. The van der Waals surface area contributed by atoms with Crippen LogP contribution in [-0.2, 0) is 54.9 Å². The van der Waals surface area contributed by atoms with Crippen LogP contribution in [0, 0.1) is 29.6 Å². The summed E-state index contributed by atoms with van der Waals surface area (Å²) >= 11 is 32.0. The molecule has 5 aromatic heterocycles. The third-order valence-electron chi connectivity index (χ3n) is 27.0. The number of aryl methyl sites for hydroxylation is 1. The Morgan fingerprint density at radius 2 is 0.685 bits per heavy atom. The quantitative estimate of drug-likeness (QED) is 0.0535. The SMILES string of the molecule is CC(C)CCn1ccc(N2CCC(c3ccccc3)CC2)c(Cl)c1=O.CC(C)Cn1ccc(N2CCC(c3ccccc3)CC2)c(Cl)c1=O.O=c1c(Cl)c(N2CCC(F)(c3ccccc3)CC2)ccn1CC1CC1.O=c1c(Cl)c(N2CCC(OCCF)(c3ccccc3)CC2)ccn1CC1CC1.O=c1c(Cl)c(N2CCC(c3cccc(C(F)(F)F)c3)CC2)ccn1CC1CC1. The monoisotopic (exact) mass is 1880 g/mol. The maximum atomic E-state index is 15.3. The Balaban J connectivity index is 0.000000131. The zero-order chi connectivity index (χ0) is 91.8. The number of nitrogens with zero attached hydrogens (tertiary/aromatic N) is 10. The predicted molar refractivity (Wildman–Crippen MR) is 520 cm³/mol. The minimum atomic E-state index is -4.32. The molecular formula is C104H122Cl5F5N10O6. The molecule has 3 saturated carbocycles. The van der Waals surface area contributed by atoms with Crippen LogP contribution in [-0.4, -0.2) is 102 Å². The number of anilines is 5. The Morgan fingerprint density at radius 1 is 0.369 bits per heavy atom. The van der Waals surface area contributed by atoms with Crippen molar-refractivity contribution in [3.05, 3.63) is 317 Å². The number of ether oxygens (including phenoxy) is 1. The van der Waals surface area contributed by atoms with Crippen LogP contribution in [0.5, 0.6) is 0 Å². The lowest BCUT2D eigenvalue weighted by molar-refractivity contribution is -0.137. The molecular weight excluding hydrogens is 1760 g/mol. The Kier molecular flexibility index (Phi) is 33.3. The Labute approximate surface area is 785 Å². The molecule has 0 unspecified atom stereocenters. The lowest BCUT2D eigenvalue weighted by Crippen LogP contribution is -2.45. The molecule has 130 heavy (non-hydrogen) atoms. The van der Waals surface area contributed by atoms with Crippen molar-refractivity contribution in [2.24, 2.45) is 29.6 Å². The summed E-state index contributed by atoms with van der Waals surface area (Å²) < 4.78 is 81.5. The van der Waals surface area contributed by atoms with Crippen LogP contribution in [0.25, 0.3) is 0 Å². The molecule has 5 aromatic carbocycles. The molecule has 16 nitrogen and oxygen atoms in total. The highest BCUT2D eigenvalue weighted by molar-refractivity contribution is 6.34. The van der Waals surface area contributed by atoms with Crippen molar-refractivity contribution in [1.29, 1.82) is 0 Å². The van der Waals surface area contributed by atoms with E-state index in [1.807, 2.05) is 121 Å². The van der Waals surface area contributed by atoms with E-state index in [0.29, 0.717) is 115 Å². The highest BCUT2D eigenvalue weighted by Crippen LogP contribution is 2.44. The summed E-state index contributed by atoms with van der Waals surface area (Å²) in [6.45, 7) is 19.4. The van der Waals surface area contributed by atoms with Gasteiger partial charge in [-0.1, -0.05) is 225 Å². The first-order valence-corrected chi connectivity index (χ1v) is 48.5. The number of aromatic nitrogens is 5. The Hall–Kier alpha value is -9.09. The molecule has 10 aromatic rings. The van der Waals surface area contributed by atoms with Crippen LogP contribution in [0.2, 0.25) is 25.1 Å². The van der Waals surface area contributed by atoms with Gasteiger partial charge in [-0.3, -0.25) is 24.0 Å². The summed E-state index contributed by atoms with van der Waals surface area (Å²) in [6.07, 6.45) is 21.1. The third-order valence-corrected chi connectivity index (χ3v) is 28.8. The van der Waals surface area contributed by atoms with Crippen molar-refractivity contribution in [1.82, 2.24) is 22.8 Å². The van der Waals surface area contributed by atoms with E-state index in [0.717, 1.165) is 174 Å². The van der Waals surface area contributed by atoms with Gasteiger partial charge in [-0.2, -0.15) is 13.2 Å². The maximum Gasteiger partial charge on any atom is 0.416 e. The lowest BCUT2D eigenvalue weighted by atomic mass is 9.84. The standard InChI is InChI=1S/C22H26ClFN2O2.C21H22ClF3N2O.C21H27ClN2O.C20H22ClFN2O.C20H25ClN2O/c23-20-19(8-12-26(21(20)27)16-17-6-7-17)25-13-9-22(10-14-25,28-15-11-24)18-4-2-1-3-5-18;22-19-18(8-11-27(20(19)28)13-14-4-5-14)26-9-6-15(7-10-26)16-2-1-3-17(12-16)21(23,24)25;1-16(2)8-12-24-15-11-19(20(22)21(24)25)23-13-9-18(10-14-23)17-6-4-3-5-7-17;21-18-17(8-11-24(19(18)25)14-15-6-7-15)23-12-9-20(22,10-13-23)16-4-2-1-3-5-16;1-15(2)14-23-13-10-18(19(21)20(23)24)22-11-8-17(9-12-22)16-6-4-3-5-7-16/h1-5,8,12,17H,6-7,9-11,13-16H2;1-3,8,11-12,14-15H,4-7,9-10,13H2;3-7,11,15-16,18H,8-10,12-14H2,1-2H3;1-5,8,11,15H,6-7,9-10,12-14H2;3-7,10,13,15,17H,8-9,11-12,14H2,1-2H3. The smallest absolute Gasteiger partial charge is 0.370 e. The van der Waals surface area contributed by atoms with E-state index in [1.165, 1.54) is 48.9 Å². The molecule has 0 bridgehead atoms. The van der Waals surface area contributed by atoms with E-state index in [9.17, 15) is 41.5 Å². The van der Waals surface area contributed by atoms with Crippen molar-refractivity contribution in [3.8, 4) is 0 Å². The van der Waals surface area contributed by atoms with Gasteiger partial charge >= 0.3 is 6.18 Å². The van der Waals surface area contributed by atoms with Gasteiger partial charge in [-0.25, -0.2) is 8.78 Å². The van der Waals surface area contributed by atoms with E-state index in [2.05, 4.69) is 108 Å². The van der Waals surface area contributed by atoms with E-state index in [-0.39, 0.29) is 50.4 Å². The first-order valence-electron chi connectivity index (χ1n) is 46.6. The fourth-order valence-corrected chi connectivity index (χ4v) is 20.1. The average Bonchev–Trinajstić information content (AvgIpc) is 1.69. The molecule has 0 spiro atoms. The summed E-state index contributed by atoms with van der Waals surface area (Å²) in [6, 6.07) is 56.1. The van der Waals surface area contributed by atoms with Crippen molar-refractivity contribution in [2.75, 3.05) is 103 Å². The van der Waals surface area contributed by atoms with E-state index in [1.54, 1.807) is 35.1 Å². The highest BCUT2D eigenvalue weighted by Gasteiger charge is 2.41. The van der Waals surface area contributed by atoms with Crippen LogP contribution < -0.4 is 52.3 Å². The summed E-state index contributed by atoms with van der Waals surface area (Å²) in [7, 11) is 0. The summed E-state index contributed by atoms with van der Waals surface area (Å²) in [5.41, 5.74) is 6.43. The molecule has 0 N–H and O–H groups in total. The lowest BCUT2D eigenvalue weighted by Gasteiger charge is -2.43. The molecule has 694 valence electrons. The summed E-state index contributed by atoms with van der Waals surface area (Å²) in [5, 5.41) is 1.51. The number of hydrogen-bond acceptors (Lipinski definition) is 11.